The summed E-state index contributed by atoms with van der Waals surface area (Å²) >= 11 is 0. The van der Waals surface area contributed by atoms with E-state index in [4.69, 9.17) is 4.74 Å². The van der Waals surface area contributed by atoms with E-state index in [9.17, 15) is 18.0 Å². The molecule has 0 saturated carbocycles. The van der Waals surface area contributed by atoms with Crippen LogP contribution in [0.4, 0.5) is 19.0 Å². The fraction of sp³-hybridized carbons (Fsp3) is 0.474. The number of hydrogen-bond donors (Lipinski definition) is 2. The Balaban J connectivity index is 1.92. The van der Waals surface area contributed by atoms with Crippen molar-refractivity contribution in [2.45, 2.75) is 38.0 Å². The number of carbonyl (C=O) groups excluding carboxylic acids is 1. The van der Waals surface area contributed by atoms with Gasteiger partial charge < -0.3 is 15.4 Å². The zero-order valence-electron chi connectivity index (χ0n) is 15.7. The predicted molar refractivity (Wildman–Crippen MR) is 98.3 cm³/mol. The van der Waals surface area contributed by atoms with Gasteiger partial charge in [-0.3, -0.25) is 4.79 Å². The van der Waals surface area contributed by atoms with Crippen LogP contribution in [-0.4, -0.2) is 42.1 Å². The van der Waals surface area contributed by atoms with Gasteiger partial charge in [0.2, 0.25) is 0 Å². The smallest absolute Gasteiger partial charge is 0.383 e. The number of nitrogens with one attached hydrogen (secondary N) is 2. The van der Waals surface area contributed by atoms with E-state index >= 15 is 0 Å². The summed E-state index contributed by atoms with van der Waals surface area (Å²) in [5.74, 6) is -0.415. The molecule has 0 fully saturated rings. The maximum atomic E-state index is 13.7. The van der Waals surface area contributed by atoms with E-state index in [0.29, 0.717) is 6.61 Å². The lowest BCUT2D eigenvalue weighted by Crippen LogP contribution is -2.36. The van der Waals surface area contributed by atoms with Crippen molar-refractivity contribution >= 4 is 11.7 Å². The number of aromatic nitrogens is 2. The van der Waals surface area contributed by atoms with Crippen molar-refractivity contribution < 1.29 is 22.7 Å². The molecule has 1 aliphatic heterocycles. The van der Waals surface area contributed by atoms with Crippen LogP contribution < -0.4 is 10.6 Å². The van der Waals surface area contributed by atoms with Crippen LogP contribution in [-0.2, 0) is 11.2 Å². The zero-order valence-corrected chi connectivity index (χ0v) is 15.7. The van der Waals surface area contributed by atoms with Crippen molar-refractivity contribution in [1.29, 1.82) is 0 Å². The molecule has 3 rings (SSSR count). The average molecular weight is 396 g/mol. The van der Waals surface area contributed by atoms with Crippen LogP contribution in [0.5, 0.6) is 0 Å². The van der Waals surface area contributed by atoms with Crippen molar-refractivity contribution in [3.8, 4) is 0 Å². The van der Waals surface area contributed by atoms with Crippen LogP contribution in [0.2, 0.25) is 0 Å². The predicted octanol–water partition coefficient (Wildman–Crippen LogP) is 3.48. The lowest BCUT2D eigenvalue weighted by Gasteiger charge is -2.34. The molecule has 1 aliphatic rings. The Hall–Kier alpha value is -2.55. The summed E-state index contributed by atoms with van der Waals surface area (Å²) in [6.45, 7) is 2.57. The van der Waals surface area contributed by atoms with Gasteiger partial charge in [0.15, 0.2) is 6.04 Å². The summed E-state index contributed by atoms with van der Waals surface area (Å²) in [5, 5.41) is 9.55. The highest BCUT2D eigenvalue weighted by Crippen LogP contribution is 2.44. The molecule has 0 saturated heterocycles. The van der Waals surface area contributed by atoms with Crippen LogP contribution in [0.25, 0.3) is 0 Å². The van der Waals surface area contributed by atoms with Crippen molar-refractivity contribution in [1.82, 2.24) is 15.1 Å². The molecule has 2 heterocycles. The maximum absolute atomic E-state index is 13.7. The third-order valence-corrected chi connectivity index (χ3v) is 4.87. The molecule has 2 unspecified atom stereocenters. The first-order chi connectivity index (χ1) is 13.3. The summed E-state index contributed by atoms with van der Waals surface area (Å²) < 4.78 is 46.8. The Labute approximate surface area is 161 Å². The molecule has 2 aromatic rings. The average Bonchev–Trinajstić information content (AvgIpc) is 3.10. The van der Waals surface area contributed by atoms with Gasteiger partial charge >= 0.3 is 6.18 Å². The highest BCUT2D eigenvalue weighted by molar-refractivity contribution is 5.98. The van der Waals surface area contributed by atoms with E-state index in [2.05, 4.69) is 15.7 Å². The summed E-state index contributed by atoms with van der Waals surface area (Å²) in [5.41, 5.74) is 1.93. The second-order valence-corrected chi connectivity index (χ2v) is 6.69. The van der Waals surface area contributed by atoms with Crippen molar-refractivity contribution in [2.24, 2.45) is 0 Å². The number of ether oxygens (including phenoxy) is 1. The van der Waals surface area contributed by atoms with Gasteiger partial charge in [0.1, 0.15) is 11.4 Å². The van der Waals surface area contributed by atoms with Gasteiger partial charge in [-0.1, -0.05) is 31.2 Å². The molecule has 0 spiro atoms. The number of alkyl halides is 3. The molecule has 2 N–H and O–H groups in total. The number of rotatable bonds is 6. The lowest BCUT2D eigenvalue weighted by molar-refractivity contribution is -0.173. The van der Waals surface area contributed by atoms with E-state index in [1.807, 2.05) is 31.2 Å². The molecule has 0 aliphatic carbocycles. The molecular formula is C19H23F3N4O2. The van der Waals surface area contributed by atoms with E-state index in [0.717, 1.165) is 22.2 Å². The van der Waals surface area contributed by atoms with Crippen LogP contribution in [0, 0.1) is 0 Å². The van der Waals surface area contributed by atoms with Gasteiger partial charge in [0.05, 0.1) is 18.8 Å². The van der Waals surface area contributed by atoms with Crippen molar-refractivity contribution in [2.75, 3.05) is 25.6 Å². The second kappa shape index (κ2) is 8.22. The number of methoxy groups -OCH3 is 1. The summed E-state index contributed by atoms with van der Waals surface area (Å²) in [4.78, 5) is 12.4. The number of benzene rings is 1. The molecule has 1 aromatic heterocycles. The van der Waals surface area contributed by atoms with E-state index in [-0.39, 0.29) is 24.3 Å². The Morgan fingerprint density at radius 2 is 2.07 bits per heavy atom. The number of hydrogen-bond acceptors (Lipinski definition) is 4. The number of fused-ring (bicyclic) bond motifs is 1. The normalized spacial score (nSPS) is 19.0. The second-order valence-electron chi connectivity index (χ2n) is 6.69. The highest BCUT2D eigenvalue weighted by Gasteiger charge is 2.47. The van der Waals surface area contributed by atoms with Crippen LogP contribution in [0.1, 0.15) is 46.9 Å². The number of aryl methyl sites for hydroxylation is 1. The third kappa shape index (κ3) is 4.14. The van der Waals surface area contributed by atoms with Crippen molar-refractivity contribution in [3.05, 3.63) is 47.2 Å². The minimum atomic E-state index is -4.48. The summed E-state index contributed by atoms with van der Waals surface area (Å²) in [6, 6.07) is 5.09. The van der Waals surface area contributed by atoms with Gasteiger partial charge in [-0.05, 0) is 17.5 Å². The fourth-order valence-electron chi connectivity index (χ4n) is 3.29. The third-order valence-electron chi connectivity index (χ3n) is 4.87. The van der Waals surface area contributed by atoms with E-state index in [1.54, 1.807) is 0 Å². The maximum Gasteiger partial charge on any atom is 0.410 e. The molecule has 9 heteroatoms. The van der Waals surface area contributed by atoms with Gasteiger partial charge in [-0.2, -0.15) is 18.3 Å². The van der Waals surface area contributed by atoms with Gasteiger partial charge in [-0.25, -0.2) is 4.68 Å². The molecule has 1 amide bonds. The number of nitrogens with zero attached hydrogens (tertiary/aromatic N) is 2. The topological polar surface area (TPSA) is 68.2 Å². The Morgan fingerprint density at radius 3 is 2.68 bits per heavy atom. The minimum Gasteiger partial charge on any atom is -0.383 e. The van der Waals surface area contributed by atoms with Gasteiger partial charge in [0, 0.05) is 20.1 Å². The summed E-state index contributed by atoms with van der Waals surface area (Å²) in [6.07, 6.45) is -2.66. The van der Waals surface area contributed by atoms with Gasteiger partial charge in [-0.15, -0.1) is 0 Å². The minimum absolute atomic E-state index is 0.0769. The largest absolute Gasteiger partial charge is 0.410 e. The Kier molecular flexibility index (Phi) is 5.93. The number of carbonyl (C=O) groups is 1. The molecule has 6 nitrogen and oxygen atoms in total. The molecule has 0 radical (unpaired) electrons. The molecule has 0 bridgehead atoms. The first-order valence-electron chi connectivity index (χ1n) is 9.11. The first-order valence-corrected chi connectivity index (χ1v) is 9.11. The quantitative estimate of drug-likeness (QED) is 0.734. The van der Waals surface area contributed by atoms with E-state index in [1.165, 1.54) is 13.3 Å². The Morgan fingerprint density at radius 1 is 1.36 bits per heavy atom. The molecule has 152 valence electrons. The lowest BCUT2D eigenvalue weighted by atomic mass is 9.95. The van der Waals surface area contributed by atoms with Crippen LogP contribution >= 0.6 is 0 Å². The fourth-order valence-corrected chi connectivity index (χ4v) is 3.29. The molecule has 28 heavy (non-hydrogen) atoms. The molecule has 2 atom stereocenters. The van der Waals surface area contributed by atoms with Crippen molar-refractivity contribution in [3.63, 3.8) is 0 Å². The van der Waals surface area contributed by atoms with Gasteiger partial charge in [0.25, 0.3) is 5.91 Å². The SMILES string of the molecule is CCc1ccc(C2CC(C(F)(F)F)n3ncc(C(=O)NCCOC)c3N2)cc1. The first kappa shape index (κ1) is 20.2. The van der Waals surface area contributed by atoms with Crippen LogP contribution in [0.15, 0.2) is 30.5 Å². The highest BCUT2D eigenvalue weighted by atomic mass is 19.4. The van der Waals surface area contributed by atoms with E-state index < -0.39 is 24.2 Å². The monoisotopic (exact) mass is 396 g/mol. The number of anilines is 1. The number of halogens is 3. The standard InChI is InChI=1S/C19H23F3N4O2/c1-3-12-4-6-13(7-5-12)15-10-16(19(20,21)22)26-17(25-15)14(11-24-26)18(27)23-8-9-28-2/h4-7,11,15-16,25H,3,8-10H2,1-2H3,(H,23,27). The zero-order chi connectivity index (χ0) is 20.3. The van der Waals surface area contributed by atoms with Crippen LogP contribution in [0.3, 0.4) is 0 Å². The molecular weight excluding hydrogens is 373 g/mol. The number of amides is 1. The summed E-state index contributed by atoms with van der Waals surface area (Å²) in [7, 11) is 1.50. The Bertz CT molecular complexity index is 818. The molecule has 1 aromatic carbocycles.